The maximum absolute atomic E-state index is 12.9. The van der Waals surface area contributed by atoms with Gasteiger partial charge >= 0.3 is 6.18 Å². The van der Waals surface area contributed by atoms with Gasteiger partial charge in [0, 0.05) is 11.9 Å². The van der Waals surface area contributed by atoms with E-state index in [-0.39, 0.29) is 16.4 Å². The van der Waals surface area contributed by atoms with Crippen molar-refractivity contribution in [3.63, 3.8) is 0 Å². The third-order valence-corrected chi connectivity index (χ3v) is 3.35. The molecule has 3 rings (SSSR count). The maximum atomic E-state index is 12.9. The van der Waals surface area contributed by atoms with Crippen LogP contribution in [0, 0.1) is 0 Å². The van der Waals surface area contributed by atoms with Crippen LogP contribution in [-0.4, -0.2) is 19.5 Å². The van der Waals surface area contributed by atoms with Crippen LogP contribution in [0.5, 0.6) is 0 Å². The highest BCUT2D eigenvalue weighted by molar-refractivity contribution is 6.31. The summed E-state index contributed by atoms with van der Waals surface area (Å²) in [7, 11) is 0. The van der Waals surface area contributed by atoms with Crippen molar-refractivity contribution >= 4 is 23.2 Å². The fourth-order valence-electron chi connectivity index (χ4n) is 2.06. The predicted octanol–water partition coefficient (Wildman–Crippen LogP) is 4.65. The summed E-state index contributed by atoms with van der Waals surface area (Å²) in [6.45, 7) is 0. The van der Waals surface area contributed by atoms with E-state index in [1.54, 1.807) is 24.4 Å². The summed E-state index contributed by atoms with van der Waals surface area (Å²) in [5.41, 5.74) is 0.00404. The Morgan fingerprint density at radius 1 is 0.913 bits per heavy atom. The van der Waals surface area contributed by atoms with E-state index < -0.39 is 11.7 Å². The summed E-state index contributed by atoms with van der Waals surface area (Å²) in [6.07, 6.45) is -2.83. The summed E-state index contributed by atoms with van der Waals surface area (Å²) in [4.78, 5) is 11.5. The van der Waals surface area contributed by atoms with Crippen LogP contribution in [0.2, 0.25) is 10.6 Å². The molecule has 1 aromatic carbocycles. The molecule has 0 aliphatic rings. The first-order chi connectivity index (χ1) is 10.8. The van der Waals surface area contributed by atoms with E-state index in [0.29, 0.717) is 11.4 Å². The van der Waals surface area contributed by atoms with Crippen LogP contribution in [0.4, 0.5) is 13.2 Å². The second-order valence-electron chi connectivity index (χ2n) is 4.51. The molecule has 2 aromatic heterocycles. The van der Waals surface area contributed by atoms with Crippen molar-refractivity contribution in [3.8, 4) is 17.2 Å². The number of aromatic nitrogens is 4. The van der Waals surface area contributed by atoms with Crippen molar-refractivity contribution in [2.45, 2.75) is 6.18 Å². The molecule has 118 valence electrons. The number of alkyl halides is 3. The standard InChI is InChI=1S/C14H7Cl2F3N4/c15-12-20-11(21-13(16)22-12)10-5-2-6-23(10)9-4-1-3-8(7-9)14(17,18)19/h1-7H. The lowest BCUT2D eigenvalue weighted by atomic mass is 10.2. The number of benzene rings is 1. The topological polar surface area (TPSA) is 43.6 Å². The van der Waals surface area contributed by atoms with Gasteiger partial charge in [-0.05, 0) is 53.5 Å². The molecule has 9 heteroatoms. The molecule has 0 unspecified atom stereocenters. The Morgan fingerprint density at radius 2 is 1.61 bits per heavy atom. The third-order valence-electron chi connectivity index (χ3n) is 3.01. The number of halogens is 5. The van der Waals surface area contributed by atoms with Gasteiger partial charge in [0.2, 0.25) is 10.6 Å². The van der Waals surface area contributed by atoms with Crippen LogP contribution in [-0.2, 0) is 6.18 Å². The largest absolute Gasteiger partial charge is 0.416 e. The predicted molar refractivity (Wildman–Crippen MR) is 79.6 cm³/mol. The van der Waals surface area contributed by atoms with E-state index in [1.165, 1.54) is 10.6 Å². The minimum Gasteiger partial charge on any atom is -0.314 e. The summed E-state index contributed by atoms with van der Waals surface area (Å²) in [5.74, 6) is 0.164. The zero-order chi connectivity index (χ0) is 16.6. The van der Waals surface area contributed by atoms with Gasteiger partial charge in [-0.1, -0.05) is 6.07 Å². The molecular weight excluding hydrogens is 352 g/mol. The van der Waals surface area contributed by atoms with Gasteiger partial charge in [-0.3, -0.25) is 0 Å². The van der Waals surface area contributed by atoms with Crippen molar-refractivity contribution in [2.75, 3.05) is 0 Å². The Bertz CT molecular complexity index is 841. The SMILES string of the molecule is FC(F)(F)c1cccc(-n2cccc2-c2nc(Cl)nc(Cl)n2)c1. The lowest BCUT2D eigenvalue weighted by Crippen LogP contribution is -2.06. The molecule has 0 spiro atoms. The van der Waals surface area contributed by atoms with Crippen LogP contribution in [0.15, 0.2) is 42.6 Å². The van der Waals surface area contributed by atoms with Gasteiger partial charge in [0.1, 0.15) is 0 Å². The first-order valence-corrected chi connectivity index (χ1v) is 7.02. The lowest BCUT2D eigenvalue weighted by molar-refractivity contribution is -0.137. The van der Waals surface area contributed by atoms with Gasteiger partial charge in [-0.25, -0.2) is 0 Å². The molecular formula is C14H7Cl2F3N4. The van der Waals surface area contributed by atoms with Crippen molar-refractivity contribution in [3.05, 3.63) is 58.7 Å². The molecule has 0 saturated carbocycles. The zero-order valence-electron chi connectivity index (χ0n) is 11.2. The first-order valence-electron chi connectivity index (χ1n) is 6.27. The Labute approximate surface area is 138 Å². The molecule has 3 aromatic rings. The summed E-state index contributed by atoms with van der Waals surface area (Å²) < 4.78 is 40.1. The van der Waals surface area contributed by atoms with E-state index in [1.807, 2.05) is 0 Å². The minimum absolute atomic E-state index is 0.100. The van der Waals surface area contributed by atoms with E-state index in [9.17, 15) is 13.2 Å². The molecule has 0 bridgehead atoms. The quantitative estimate of drug-likeness (QED) is 0.669. The third kappa shape index (κ3) is 3.30. The summed E-state index contributed by atoms with van der Waals surface area (Å²) in [6, 6.07) is 8.21. The Hall–Kier alpha value is -2.12. The molecule has 0 atom stereocenters. The fraction of sp³-hybridized carbons (Fsp3) is 0.0714. The van der Waals surface area contributed by atoms with Crippen molar-refractivity contribution < 1.29 is 13.2 Å². The van der Waals surface area contributed by atoms with E-state index in [2.05, 4.69) is 15.0 Å². The smallest absolute Gasteiger partial charge is 0.314 e. The molecule has 0 fully saturated rings. The first kappa shape index (κ1) is 15.8. The molecule has 0 N–H and O–H groups in total. The lowest BCUT2D eigenvalue weighted by Gasteiger charge is -2.12. The van der Waals surface area contributed by atoms with Crippen molar-refractivity contribution in [2.24, 2.45) is 0 Å². The van der Waals surface area contributed by atoms with Crippen LogP contribution in [0.3, 0.4) is 0 Å². The molecule has 0 radical (unpaired) electrons. The molecule has 0 amide bonds. The maximum Gasteiger partial charge on any atom is 0.416 e. The van der Waals surface area contributed by atoms with Crippen LogP contribution < -0.4 is 0 Å². The van der Waals surface area contributed by atoms with Gasteiger partial charge in [-0.2, -0.15) is 28.1 Å². The van der Waals surface area contributed by atoms with Crippen LogP contribution in [0.1, 0.15) is 5.56 Å². The Kier molecular flexibility index (Phi) is 3.99. The molecule has 23 heavy (non-hydrogen) atoms. The van der Waals surface area contributed by atoms with Gasteiger partial charge in [0.15, 0.2) is 5.82 Å². The molecule has 2 heterocycles. The highest BCUT2D eigenvalue weighted by Gasteiger charge is 2.30. The van der Waals surface area contributed by atoms with E-state index >= 15 is 0 Å². The van der Waals surface area contributed by atoms with E-state index in [0.717, 1.165) is 12.1 Å². The molecule has 0 saturated heterocycles. The summed E-state index contributed by atoms with van der Waals surface area (Å²) >= 11 is 11.5. The Balaban J connectivity index is 2.12. The molecule has 0 aliphatic heterocycles. The zero-order valence-corrected chi connectivity index (χ0v) is 12.7. The van der Waals surface area contributed by atoms with Crippen LogP contribution in [0.25, 0.3) is 17.2 Å². The van der Waals surface area contributed by atoms with Gasteiger partial charge in [-0.15, -0.1) is 0 Å². The van der Waals surface area contributed by atoms with E-state index in [4.69, 9.17) is 23.2 Å². The second-order valence-corrected chi connectivity index (χ2v) is 5.18. The molecule has 4 nitrogen and oxygen atoms in total. The Morgan fingerprint density at radius 3 is 2.26 bits per heavy atom. The molecule has 0 aliphatic carbocycles. The minimum atomic E-state index is -4.43. The summed E-state index contributed by atoms with van der Waals surface area (Å²) in [5, 5.41) is -0.200. The van der Waals surface area contributed by atoms with Crippen molar-refractivity contribution in [1.82, 2.24) is 19.5 Å². The highest BCUT2D eigenvalue weighted by atomic mass is 35.5. The number of rotatable bonds is 2. The van der Waals surface area contributed by atoms with Gasteiger partial charge in [0.25, 0.3) is 0 Å². The van der Waals surface area contributed by atoms with Crippen LogP contribution >= 0.6 is 23.2 Å². The average Bonchev–Trinajstić information content (AvgIpc) is 2.95. The van der Waals surface area contributed by atoms with Crippen molar-refractivity contribution in [1.29, 1.82) is 0 Å². The van der Waals surface area contributed by atoms with Gasteiger partial charge in [0.05, 0.1) is 11.3 Å². The monoisotopic (exact) mass is 358 g/mol. The number of hydrogen-bond donors (Lipinski definition) is 0. The fourth-order valence-corrected chi connectivity index (χ4v) is 2.42. The normalized spacial score (nSPS) is 11.7. The average molecular weight is 359 g/mol. The number of hydrogen-bond acceptors (Lipinski definition) is 3. The second kappa shape index (κ2) is 5.82. The number of nitrogens with zero attached hydrogens (tertiary/aromatic N) is 4. The van der Waals surface area contributed by atoms with Gasteiger partial charge < -0.3 is 4.57 Å². The highest BCUT2D eigenvalue weighted by Crippen LogP contribution is 2.31.